The zero-order valence-electron chi connectivity index (χ0n) is 12.7. The van der Waals surface area contributed by atoms with Gasteiger partial charge in [0, 0.05) is 37.8 Å². The molecule has 1 amide bonds. The Labute approximate surface area is 141 Å². The fourth-order valence-corrected chi connectivity index (χ4v) is 4.43. The minimum atomic E-state index is -3.54. The average molecular weight is 359 g/mol. The van der Waals surface area contributed by atoms with Crippen molar-refractivity contribution in [1.29, 1.82) is 0 Å². The highest BCUT2D eigenvalue weighted by molar-refractivity contribution is 7.89. The van der Waals surface area contributed by atoms with E-state index in [0.29, 0.717) is 37.8 Å². The first-order chi connectivity index (χ1) is 11.0. The number of amides is 1. The first-order valence-electron chi connectivity index (χ1n) is 7.64. The van der Waals surface area contributed by atoms with Crippen LogP contribution in [0.1, 0.15) is 12.8 Å². The Bertz CT molecular complexity index is 663. The highest BCUT2D eigenvalue weighted by Gasteiger charge is 2.33. The minimum Gasteiger partial charge on any atom is -0.368 e. The molecule has 1 aromatic carbocycles. The Kier molecular flexibility index (Phi) is 4.91. The Morgan fingerprint density at radius 1 is 1.13 bits per heavy atom. The van der Waals surface area contributed by atoms with Crippen molar-refractivity contribution < 1.29 is 17.9 Å². The zero-order valence-corrected chi connectivity index (χ0v) is 14.2. The molecule has 1 atom stereocenters. The first kappa shape index (κ1) is 16.7. The van der Waals surface area contributed by atoms with E-state index in [1.807, 2.05) is 0 Å². The minimum absolute atomic E-state index is 0.0222. The number of rotatable bonds is 3. The number of carbonyl (C=O) groups excluding carboxylic acids is 1. The Hall–Kier alpha value is -1.15. The van der Waals surface area contributed by atoms with Crippen molar-refractivity contribution in [2.45, 2.75) is 23.8 Å². The fraction of sp³-hybridized carbons (Fsp3) is 0.533. The van der Waals surface area contributed by atoms with Crippen molar-refractivity contribution in [3.63, 3.8) is 0 Å². The monoisotopic (exact) mass is 358 g/mol. The van der Waals surface area contributed by atoms with Crippen LogP contribution in [0.15, 0.2) is 29.2 Å². The summed E-state index contributed by atoms with van der Waals surface area (Å²) in [5.41, 5.74) is 0. The van der Waals surface area contributed by atoms with E-state index in [2.05, 4.69) is 0 Å². The van der Waals surface area contributed by atoms with Gasteiger partial charge in [-0.2, -0.15) is 4.31 Å². The molecule has 0 radical (unpaired) electrons. The normalized spacial score (nSPS) is 23.2. The number of piperazine rings is 1. The number of sulfonamides is 1. The van der Waals surface area contributed by atoms with E-state index in [1.165, 1.54) is 16.4 Å². The lowest BCUT2D eigenvalue weighted by atomic mass is 10.2. The lowest BCUT2D eigenvalue weighted by Crippen LogP contribution is -2.52. The Morgan fingerprint density at radius 2 is 1.78 bits per heavy atom. The van der Waals surface area contributed by atoms with E-state index in [-0.39, 0.29) is 16.9 Å². The number of carbonyl (C=O) groups is 1. The molecular weight excluding hydrogens is 340 g/mol. The van der Waals surface area contributed by atoms with Crippen LogP contribution in [0.25, 0.3) is 0 Å². The van der Waals surface area contributed by atoms with Gasteiger partial charge in [-0.1, -0.05) is 11.6 Å². The van der Waals surface area contributed by atoms with Gasteiger partial charge in [0.25, 0.3) is 5.91 Å². The van der Waals surface area contributed by atoms with E-state index < -0.39 is 10.0 Å². The maximum Gasteiger partial charge on any atom is 0.251 e. The van der Waals surface area contributed by atoms with Crippen LogP contribution in [-0.2, 0) is 19.6 Å². The first-order valence-corrected chi connectivity index (χ1v) is 9.46. The van der Waals surface area contributed by atoms with Gasteiger partial charge in [0.1, 0.15) is 6.10 Å². The topological polar surface area (TPSA) is 66.9 Å². The second-order valence-corrected chi connectivity index (χ2v) is 8.06. The number of benzene rings is 1. The standard InChI is InChI=1S/C15H19ClN2O4S/c16-12-3-5-13(6-4-12)23(20,21)18-9-7-17(8-10-18)15(19)14-2-1-11-22-14/h3-6,14H,1-2,7-11H2/t14-/m1/s1. The summed E-state index contributed by atoms with van der Waals surface area (Å²) in [7, 11) is -3.54. The van der Waals surface area contributed by atoms with Crippen LogP contribution >= 0.6 is 11.6 Å². The smallest absolute Gasteiger partial charge is 0.251 e. The summed E-state index contributed by atoms with van der Waals surface area (Å²) in [5, 5.41) is 0.496. The third-order valence-corrected chi connectivity index (χ3v) is 6.37. The molecule has 0 spiro atoms. The number of hydrogen-bond acceptors (Lipinski definition) is 4. The van der Waals surface area contributed by atoms with Crippen LogP contribution in [-0.4, -0.2) is 62.4 Å². The van der Waals surface area contributed by atoms with Crippen LogP contribution in [0.3, 0.4) is 0 Å². The summed E-state index contributed by atoms with van der Waals surface area (Å²) in [4.78, 5) is 14.2. The van der Waals surface area contributed by atoms with E-state index in [0.717, 1.165) is 12.8 Å². The molecule has 0 N–H and O–H groups in total. The molecule has 6 nitrogen and oxygen atoms in total. The predicted molar refractivity (Wildman–Crippen MR) is 85.8 cm³/mol. The van der Waals surface area contributed by atoms with Crippen LogP contribution in [0.5, 0.6) is 0 Å². The molecule has 0 aliphatic carbocycles. The molecule has 2 fully saturated rings. The van der Waals surface area contributed by atoms with Crippen molar-refractivity contribution in [1.82, 2.24) is 9.21 Å². The van der Waals surface area contributed by atoms with E-state index in [1.54, 1.807) is 17.0 Å². The summed E-state index contributed by atoms with van der Waals surface area (Å²) >= 11 is 5.80. The van der Waals surface area contributed by atoms with Crippen molar-refractivity contribution in [3.8, 4) is 0 Å². The molecule has 0 saturated carbocycles. The van der Waals surface area contributed by atoms with Crippen molar-refractivity contribution in [2.75, 3.05) is 32.8 Å². The number of nitrogens with zero attached hydrogens (tertiary/aromatic N) is 2. The Balaban J connectivity index is 1.64. The van der Waals surface area contributed by atoms with E-state index in [4.69, 9.17) is 16.3 Å². The lowest BCUT2D eigenvalue weighted by Gasteiger charge is -2.35. The van der Waals surface area contributed by atoms with Crippen LogP contribution in [0, 0.1) is 0 Å². The molecule has 2 aliphatic rings. The van der Waals surface area contributed by atoms with Gasteiger partial charge < -0.3 is 9.64 Å². The molecule has 0 aromatic heterocycles. The van der Waals surface area contributed by atoms with Crippen LogP contribution < -0.4 is 0 Å². The SMILES string of the molecule is O=C([C@H]1CCCO1)N1CCN(S(=O)(=O)c2ccc(Cl)cc2)CC1. The molecular formula is C15H19ClN2O4S. The molecule has 8 heteroatoms. The summed E-state index contributed by atoms with van der Waals surface area (Å²) in [5.74, 6) is -0.0222. The number of ether oxygens (including phenoxy) is 1. The van der Waals surface area contributed by atoms with Gasteiger partial charge in [-0.25, -0.2) is 8.42 Å². The Morgan fingerprint density at radius 3 is 2.35 bits per heavy atom. The van der Waals surface area contributed by atoms with E-state index >= 15 is 0 Å². The number of halogens is 1. The molecule has 2 heterocycles. The van der Waals surface area contributed by atoms with Crippen molar-refractivity contribution in [2.24, 2.45) is 0 Å². The average Bonchev–Trinajstić information content (AvgIpc) is 3.09. The summed E-state index contributed by atoms with van der Waals surface area (Å²) in [6, 6.07) is 6.13. The third kappa shape index (κ3) is 3.52. The quantitative estimate of drug-likeness (QED) is 0.818. The van der Waals surface area contributed by atoms with Crippen molar-refractivity contribution in [3.05, 3.63) is 29.3 Å². The van der Waals surface area contributed by atoms with Gasteiger partial charge >= 0.3 is 0 Å². The molecule has 126 valence electrons. The molecule has 23 heavy (non-hydrogen) atoms. The summed E-state index contributed by atoms with van der Waals surface area (Å²) in [6.45, 7) is 2.01. The van der Waals surface area contributed by atoms with E-state index in [9.17, 15) is 13.2 Å². The lowest BCUT2D eigenvalue weighted by molar-refractivity contribution is -0.142. The van der Waals surface area contributed by atoms with Crippen LogP contribution in [0.2, 0.25) is 5.02 Å². The third-order valence-electron chi connectivity index (χ3n) is 4.21. The molecule has 3 rings (SSSR count). The molecule has 2 saturated heterocycles. The highest BCUT2D eigenvalue weighted by atomic mass is 35.5. The maximum atomic E-state index is 12.6. The van der Waals surface area contributed by atoms with Gasteiger partial charge in [-0.3, -0.25) is 4.79 Å². The highest BCUT2D eigenvalue weighted by Crippen LogP contribution is 2.21. The number of hydrogen-bond donors (Lipinski definition) is 0. The van der Waals surface area contributed by atoms with Gasteiger partial charge in [0.2, 0.25) is 10.0 Å². The predicted octanol–water partition coefficient (Wildman–Crippen LogP) is 1.35. The summed E-state index contributed by atoms with van der Waals surface area (Å²) < 4.78 is 32.0. The van der Waals surface area contributed by atoms with Gasteiger partial charge in [0.15, 0.2) is 0 Å². The second kappa shape index (κ2) is 6.76. The molecule has 0 unspecified atom stereocenters. The zero-order chi connectivity index (χ0) is 16.4. The molecule has 2 aliphatic heterocycles. The summed E-state index contributed by atoms with van der Waals surface area (Å²) in [6.07, 6.45) is 1.30. The fourth-order valence-electron chi connectivity index (χ4n) is 2.88. The molecule has 0 bridgehead atoms. The molecule has 1 aromatic rings. The van der Waals surface area contributed by atoms with Crippen LogP contribution in [0.4, 0.5) is 0 Å². The van der Waals surface area contributed by atoms with Crippen molar-refractivity contribution >= 4 is 27.5 Å². The van der Waals surface area contributed by atoms with Gasteiger partial charge in [-0.15, -0.1) is 0 Å². The van der Waals surface area contributed by atoms with Gasteiger partial charge in [0.05, 0.1) is 4.90 Å². The maximum absolute atomic E-state index is 12.6. The second-order valence-electron chi connectivity index (χ2n) is 5.68. The van der Waals surface area contributed by atoms with Gasteiger partial charge in [-0.05, 0) is 37.1 Å². The largest absolute Gasteiger partial charge is 0.368 e.